The Morgan fingerprint density at radius 1 is 1.18 bits per heavy atom. The van der Waals surface area contributed by atoms with Gasteiger partial charge in [-0.3, -0.25) is 4.79 Å². The average molecular weight is 383 g/mol. The van der Waals surface area contributed by atoms with Crippen LogP contribution >= 0.6 is 0 Å². The molecule has 0 spiro atoms. The van der Waals surface area contributed by atoms with Crippen LogP contribution in [0.1, 0.15) is 45.9 Å². The first kappa shape index (κ1) is 19.9. The second kappa shape index (κ2) is 8.89. The van der Waals surface area contributed by atoms with Crippen LogP contribution in [0.5, 0.6) is 5.75 Å². The van der Waals surface area contributed by atoms with Gasteiger partial charge in [0.2, 0.25) is 0 Å². The maximum atomic E-state index is 12.5. The van der Waals surface area contributed by atoms with Gasteiger partial charge < -0.3 is 19.9 Å². The number of carbonyl (C=O) groups excluding carboxylic acids is 1. The number of ether oxygens (including phenoxy) is 2. The molecule has 0 aliphatic carbocycles. The molecule has 1 heterocycles. The van der Waals surface area contributed by atoms with Crippen LogP contribution in [0.4, 0.5) is 0 Å². The molecule has 2 N–H and O–H groups in total. The average Bonchev–Trinajstić information content (AvgIpc) is 3.20. The van der Waals surface area contributed by atoms with Crippen molar-refractivity contribution in [1.82, 2.24) is 5.32 Å². The molecule has 0 radical (unpaired) electrons. The molecule has 148 valence electrons. The van der Waals surface area contributed by atoms with E-state index in [0.717, 1.165) is 30.6 Å². The number of hydrogen-bond donors (Lipinski definition) is 2. The number of rotatable bonds is 7. The molecule has 6 heteroatoms. The monoisotopic (exact) mass is 383 g/mol. The van der Waals surface area contributed by atoms with Crippen molar-refractivity contribution in [2.75, 3.05) is 13.2 Å². The van der Waals surface area contributed by atoms with Crippen molar-refractivity contribution in [2.24, 2.45) is 0 Å². The van der Waals surface area contributed by atoms with Gasteiger partial charge in [-0.1, -0.05) is 18.2 Å². The Bertz CT molecular complexity index is 841. The lowest BCUT2D eigenvalue weighted by atomic mass is 10.0. The van der Waals surface area contributed by atoms with Gasteiger partial charge in [0.15, 0.2) is 6.04 Å². The van der Waals surface area contributed by atoms with Gasteiger partial charge in [-0.2, -0.15) is 0 Å². The van der Waals surface area contributed by atoms with Gasteiger partial charge in [0.1, 0.15) is 12.4 Å². The summed E-state index contributed by atoms with van der Waals surface area (Å²) in [6, 6.07) is 10.9. The molecule has 1 saturated heterocycles. The summed E-state index contributed by atoms with van der Waals surface area (Å²) in [6.45, 7) is 5.13. The van der Waals surface area contributed by atoms with Gasteiger partial charge in [0, 0.05) is 12.2 Å². The molecule has 1 amide bonds. The number of aryl methyl sites for hydroxylation is 2. The lowest BCUT2D eigenvalue weighted by Crippen LogP contribution is -2.33. The summed E-state index contributed by atoms with van der Waals surface area (Å²) in [4.78, 5) is 24.2. The highest BCUT2D eigenvalue weighted by Crippen LogP contribution is 2.20. The number of benzene rings is 2. The molecule has 1 aliphatic rings. The molecule has 28 heavy (non-hydrogen) atoms. The maximum absolute atomic E-state index is 12.5. The number of carboxylic acids is 1. The third-order valence-electron chi connectivity index (χ3n) is 4.96. The van der Waals surface area contributed by atoms with Crippen LogP contribution in [-0.4, -0.2) is 36.3 Å². The first-order chi connectivity index (χ1) is 13.4. The van der Waals surface area contributed by atoms with E-state index in [2.05, 4.69) is 5.32 Å². The third-order valence-corrected chi connectivity index (χ3v) is 4.96. The first-order valence-electron chi connectivity index (χ1n) is 9.39. The quantitative estimate of drug-likeness (QED) is 0.765. The molecule has 2 unspecified atom stereocenters. The zero-order chi connectivity index (χ0) is 20.1. The smallest absolute Gasteiger partial charge is 0.330 e. The predicted octanol–water partition coefficient (Wildman–Crippen LogP) is 3.42. The van der Waals surface area contributed by atoms with E-state index in [9.17, 15) is 14.7 Å². The lowest BCUT2D eigenvalue weighted by Gasteiger charge is -2.16. The molecule has 0 saturated carbocycles. The summed E-state index contributed by atoms with van der Waals surface area (Å²) in [6.07, 6.45) is 2.17. The highest BCUT2D eigenvalue weighted by Gasteiger charge is 2.23. The molecule has 0 aromatic heterocycles. The minimum absolute atomic E-state index is 0.122. The fourth-order valence-electron chi connectivity index (χ4n) is 3.11. The van der Waals surface area contributed by atoms with Gasteiger partial charge >= 0.3 is 5.97 Å². The summed E-state index contributed by atoms with van der Waals surface area (Å²) < 4.78 is 11.2. The fourth-order valence-corrected chi connectivity index (χ4v) is 3.11. The minimum atomic E-state index is -1.11. The van der Waals surface area contributed by atoms with E-state index < -0.39 is 17.9 Å². The van der Waals surface area contributed by atoms with Crippen molar-refractivity contribution in [3.05, 3.63) is 64.7 Å². The Morgan fingerprint density at radius 3 is 2.54 bits per heavy atom. The molecule has 2 atom stereocenters. The van der Waals surface area contributed by atoms with E-state index >= 15 is 0 Å². The van der Waals surface area contributed by atoms with Crippen LogP contribution in [0.15, 0.2) is 42.5 Å². The van der Waals surface area contributed by atoms with E-state index in [1.165, 1.54) is 0 Å². The van der Waals surface area contributed by atoms with Crippen LogP contribution in [0.3, 0.4) is 0 Å². The molecule has 2 aromatic rings. The largest absolute Gasteiger partial charge is 0.491 e. The van der Waals surface area contributed by atoms with Gasteiger partial charge in [-0.25, -0.2) is 4.79 Å². The van der Waals surface area contributed by atoms with Crippen molar-refractivity contribution in [3.63, 3.8) is 0 Å². The first-order valence-corrected chi connectivity index (χ1v) is 9.39. The number of nitrogens with one attached hydrogen (secondary N) is 1. The highest BCUT2D eigenvalue weighted by molar-refractivity contribution is 5.96. The van der Waals surface area contributed by atoms with Crippen LogP contribution in [0.25, 0.3) is 0 Å². The van der Waals surface area contributed by atoms with Crippen molar-refractivity contribution in [3.8, 4) is 5.75 Å². The third kappa shape index (κ3) is 4.89. The van der Waals surface area contributed by atoms with Gasteiger partial charge in [0.25, 0.3) is 5.91 Å². The summed E-state index contributed by atoms with van der Waals surface area (Å²) in [7, 11) is 0. The summed E-state index contributed by atoms with van der Waals surface area (Å²) >= 11 is 0. The summed E-state index contributed by atoms with van der Waals surface area (Å²) in [5.74, 6) is -0.902. The van der Waals surface area contributed by atoms with Crippen LogP contribution in [-0.2, 0) is 9.53 Å². The van der Waals surface area contributed by atoms with E-state index in [1.807, 2.05) is 19.9 Å². The number of aliphatic carboxylic acids is 1. The topological polar surface area (TPSA) is 84.9 Å². The zero-order valence-electron chi connectivity index (χ0n) is 16.1. The van der Waals surface area contributed by atoms with Gasteiger partial charge in [-0.05, 0) is 67.6 Å². The summed E-state index contributed by atoms with van der Waals surface area (Å²) in [5, 5.41) is 12.1. The highest BCUT2D eigenvalue weighted by atomic mass is 16.5. The Labute approximate surface area is 164 Å². The van der Waals surface area contributed by atoms with E-state index in [1.54, 1.807) is 36.4 Å². The second-order valence-electron chi connectivity index (χ2n) is 7.06. The number of carbonyl (C=O) groups is 2. The Kier molecular flexibility index (Phi) is 6.31. The van der Waals surface area contributed by atoms with Crippen LogP contribution in [0.2, 0.25) is 0 Å². The molecular weight excluding hydrogens is 358 g/mol. The van der Waals surface area contributed by atoms with Crippen molar-refractivity contribution < 1.29 is 24.2 Å². The molecular formula is C22H25NO5. The van der Waals surface area contributed by atoms with E-state index in [-0.39, 0.29) is 6.10 Å². The molecule has 1 aliphatic heterocycles. The van der Waals surface area contributed by atoms with Crippen molar-refractivity contribution >= 4 is 11.9 Å². The van der Waals surface area contributed by atoms with E-state index in [4.69, 9.17) is 9.47 Å². The van der Waals surface area contributed by atoms with Crippen molar-refractivity contribution in [1.29, 1.82) is 0 Å². The Balaban J connectivity index is 1.64. The normalized spacial score (nSPS) is 17.1. The van der Waals surface area contributed by atoms with E-state index in [0.29, 0.717) is 23.5 Å². The molecule has 2 aromatic carbocycles. The lowest BCUT2D eigenvalue weighted by molar-refractivity contribution is -0.139. The van der Waals surface area contributed by atoms with Gasteiger partial charge in [0.05, 0.1) is 6.10 Å². The van der Waals surface area contributed by atoms with Gasteiger partial charge in [-0.15, -0.1) is 0 Å². The standard InChI is InChI=1S/C22H25NO5/c1-14-5-6-17(12-15(14)2)20(22(25)26)23-21(24)16-7-9-18(10-8-16)28-13-19-4-3-11-27-19/h5-10,12,19-20H,3-4,11,13H2,1-2H3,(H,23,24)(H,25,26). The Hall–Kier alpha value is -2.86. The van der Waals surface area contributed by atoms with Crippen LogP contribution in [0, 0.1) is 13.8 Å². The SMILES string of the molecule is Cc1ccc(C(NC(=O)c2ccc(OCC3CCCO3)cc2)C(=O)O)cc1C. The van der Waals surface area contributed by atoms with Crippen molar-refractivity contribution in [2.45, 2.75) is 38.8 Å². The maximum Gasteiger partial charge on any atom is 0.330 e. The molecule has 6 nitrogen and oxygen atoms in total. The fraction of sp³-hybridized carbons (Fsp3) is 0.364. The molecule has 3 rings (SSSR count). The Morgan fingerprint density at radius 2 is 1.93 bits per heavy atom. The number of carboxylic acid groups (broad SMARTS) is 1. The summed E-state index contributed by atoms with van der Waals surface area (Å²) in [5.41, 5.74) is 2.96. The second-order valence-corrected chi connectivity index (χ2v) is 7.06. The zero-order valence-corrected chi connectivity index (χ0v) is 16.1. The minimum Gasteiger partial charge on any atom is -0.491 e. The predicted molar refractivity (Wildman–Crippen MR) is 105 cm³/mol. The molecule has 1 fully saturated rings. The number of amides is 1. The van der Waals surface area contributed by atoms with Crippen LogP contribution < -0.4 is 10.1 Å². The number of hydrogen-bond acceptors (Lipinski definition) is 4. The molecule has 0 bridgehead atoms.